The SMILES string of the molecule is CCC(c1ccccc1)C1CCCN1C(=O)CC(C)C1CCNCC1.Cl. The van der Waals surface area contributed by atoms with E-state index in [9.17, 15) is 4.79 Å². The van der Waals surface area contributed by atoms with Crippen LogP contribution in [0.4, 0.5) is 0 Å². The molecule has 0 spiro atoms. The van der Waals surface area contributed by atoms with Crippen molar-refractivity contribution < 1.29 is 4.79 Å². The van der Waals surface area contributed by atoms with Gasteiger partial charge in [-0.3, -0.25) is 4.79 Å². The molecule has 1 aromatic carbocycles. The highest BCUT2D eigenvalue weighted by atomic mass is 35.5. The number of rotatable bonds is 6. The second-order valence-electron chi connectivity index (χ2n) is 7.99. The summed E-state index contributed by atoms with van der Waals surface area (Å²) in [5.41, 5.74) is 1.39. The number of likely N-dealkylation sites (tertiary alicyclic amines) is 1. The van der Waals surface area contributed by atoms with E-state index in [0.717, 1.165) is 45.3 Å². The third-order valence-corrected chi connectivity index (χ3v) is 6.44. The van der Waals surface area contributed by atoms with Gasteiger partial charge in [-0.2, -0.15) is 0 Å². The van der Waals surface area contributed by atoms with E-state index < -0.39 is 0 Å². The normalized spacial score (nSPS) is 23.3. The maximum Gasteiger partial charge on any atom is 0.223 e. The van der Waals surface area contributed by atoms with Gasteiger partial charge in [-0.25, -0.2) is 0 Å². The lowest BCUT2D eigenvalue weighted by atomic mass is 9.83. The van der Waals surface area contributed by atoms with Crippen LogP contribution in [0.5, 0.6) is 0 Å². The van der Waals surface area contributed by atoms with E-state index in [4.69, 9.17) is 0 Å². The van der Waals surface area contributed by atoms with Gasteiger partial charge in [-0.1, -0.05) is 44.2 Å². The maximum absolute atomic E-state index is 13.1. The predicted molar refractivity (Wildman–Crippen MR) is 111 cm³/mol. The summed E-state index contributed by atoms with van der Waals surface area (Å²) in [6.07, 6.45) is 6.58. The molecular weight excluding hydrogens is 344 g/mol. The van der Waals surface area contributed by atoms with Gasteiger partial charge in [0.15, 0.2) is 0 Å². The second-order valence-corrected chi connectivity index (χ2v) is 7.99. The molecule has 1 aromatic rings. The van der Waals surface area contributed by atoms with Gasteiger partial charge in [-0.05, 0) is 62.6 Å². The van der Waals surface area contributed by atoms with E-state index in [1.54, 1.807) is 0 Å². The summed E-state index contributed by atoms with van der Waals surface area (Å²) in [6, 6.07) is 11.2. The van der Waals surface area contributed by atoms with E-state index >= 15 is 0 Å². The molecular formula is C22H35ClN2O. The lowest BCUT2D eigenvalue weighted by Gasteiger charge is -2.34. The molecule has 1 N–H and O–H groups in total. The third kappa shape index (κ3) is 5.01. The maximum atomic E-state index is 13.1. The highest BCUT2D eigenvalue weighted by Gasteiger charge is 2.35. The van der Waals surface area contributed by atoms with Crippen LogP contribution < -0.4 is 5.32 Å². The molecule has 26 heavy (non-hydrogen) atoms. The molecule has 2 saturated heterocycles. The molecule has 2 heterocycles. The van der Waals surface area contributed by atoms with Crippen LogP contribution in [0, 0.1) is 11.8 Å². The molecule has 2 aliphatic rings. The zero-order valence-corrected chi connectivity index (χ0v) is 17.1. The Morgan fingerprint density at radius 2 is 1.88 bits per heavy atom. The second kappa shape index (κ2) is 10.3. The first-order valence-corrected chi connectivity index (χ1v) is 10.3. The Morgan fingerprint density at radius 1 is 1.19 bits per heavy atom. The van der Waals surface area contributed by atoms with Crippen LogP contribution in [0.3, 0.4) is 0 Å². The Morgan fingerprint density at radius 3 is 2.54 bits per heavy atom. The van der Waals surface area contributed by atoms with Crippen LogP contribution in [0.1, 0.15) is 63.9 Å². The number of piperidine rings is 1. The summed E-state index contributed by atoms with van der Waals surface area (Å²) in [6.45, 7) is 7.72. The average Bonchev–Trinajstić information content (AvgIpc) is 3.13. The van der Waals surface area contributed by atoms with Crippen LogP contribution in [0.15, 0.2) is 30.3 Å². The summed E-state index contributed by atoms with van der Waals surface area (Å²) in [7, 11) is 0. The van der Waals surface area contributed by atoms with Crippen LogP contribution in [-0.4, -0.2) is 36.5 Å². The summed E-state index contributed by atoms with van der Waals surface area (Å²) in [5.74, 6) is 2.08. The Kier molecular flexibility index (Phi) is 8.43. The van der Waals surface area contributed by atoms with Crippen LogP contribution in [0.25, 0.3) is 0 Å². The molecule has 1 amide bonds. The Balaban J connectivity index is 0.00000243. The Hall–Kier alpha value is -1.06. The Bertz CT molecular complexity index is 544. The van der Waals surface area contributed by atoms with Crippen molar-refractivity contribution in [3.05, 3.63) is 35.9 Å². The highest BCUT2D eigenvalue weighted by molar-refractivity contribution is 5.85. The first-order valence-electron chi connectivity index (χ1n) is 10.3. The molecule has 2 fully saturated rings. The zero-order chi connectivity index (χ0) is 17.6. The summed E-state index contributed by atoms with van der Waals surface area (Å²) >= 11 is 0. The molecule has 3 atom stereocenters. The number of amides is 1. The number of hydrogen-bond acceptors (Lipinski definition) is 2. The number of carbonyl (C=O) groups excluding carboxylic acids is 1. The van der Waals surface area contributed by atoms with Crippen molar-refractivity contribution in [2.45, 2.75) is 64.3 Å². The molecule has 2 aliphatic heterocycles. The number of halogens is 1. The van der Waals surface area contributed by atoms with E-state index in [1.807, 2.05) is 0 Å². The first kappa shape index (κ1) is 21.2. The fraction of sp³-hybridized carbons (Fsp3) is 0.682. The molecule has 0 bridgehead atoms. The fourth-order valence-corrected chi connectivity index (χ4v) is 4.92. The molecule has 3 nitrogen and oxygen atoms in total. The largest absolute Gasteiger partial charge is 0.339 e. The van der Waals surface area contributed by atoms with Gasteiger partial charge in [0.25, 0.3) is 0 Å². The van der Waals surface area contributed by atoms with Gasteiger partial charge in [0.1, 0.15) is 0 Å². The van der Waals surface area contributed by atoms with Crippen molar-refractivity contribution >= 4 is 18.3 Å². The quantitative estimate of drug-likeness (QED) is 0.783. The molecule has 0 radical (unpaired) electrons. The zero-order valence-electron chi connectivity index (χ0n) is 16.3. The third-order valence-electron chi connectivity index (χ3n) is 6.44. The standard InChI is InChI=1S/C22H34N2O.ClH/c1-3-20(19-8-5-4-6-9-19)21-10-7-15-24(21)22(25)16-17(2)18-11-13-23-14-12-18;/h4-6,8-9,17-18,20-21,23H,3,7,10-16H2,1-2H3;1H. The lowest BCUT2D eigenvalue weighted by molar-refractivity contribution is -0.133. The van der Waals surface area contributed by atoms with Gasteiger partial charge in [-0.15, -0.1) is 12.4 Å². The summed E-state index contributed by atoms with van der Waals surface area (Å²) in [5, 5.41) is 3.43. The minimum atomic E-state index is 0. The van der Waals surface area contributed by atoms with E-state index in [-0.39, 0.29) is 12.4 Å². The van der Waals surface area contributed by atoms with Crippen molar-refractivity contribution in [3.8, 4) is 0 Å². The first-order chi connectivity index (χ1) is 12.2. The minimum absolute atomic E-state index is 0. The lowest BCUT2D eigenvalue weighted by Crippen LogP contribution is -2.41. The molecule has 0 aromatic heterocycles. The molecule has 0 aliphatic carbocycles. The van der Waals surface area contributed by atoms with Crippen molar-refractivity contribution in [2.24, 2.45) is 11.8 Å². The molecule has 3 rings (SSSR count). The van der Waals surface area contributed by atoms with Crippen molar-refractivity contribution in [3.63, 3.8) is 0 Å². The van der Waals surface area contributed by atoms with Crippen molar-refractivity contribution in [2.75, 3.05) is 19.6 Å². The predicted octanol–water partition coefficient (Wildman–Crippen LogP) is 4.62. The van der Waals surface area contributed by atoms with E-state index in [1.165, 1.54) is 18.4 Å². The topological polar surface area (TPSA) is 32.3 Å². The summed E-state index contributed by atoms with van der Waals surface area (Å²) in [4.78, 5) is 15.3. The van der Waals surface area contributed by atoms with E-state index in [0.29, 0.717) is 29.7 Å². The number of carbonyl (C=O) groups is 1. The van der Waals surface area contributed by atoms with Crippen molar-refractivity contribution in [1.29, 1.82) is 0 Å². The number of nitrogens with one attached hydrogen (secondary N) is 1. The monoisotopic (exact) mass is 378 g/mol. The van der Waals surface area contributed by atoms with Crippen LogP contribution >= 0.6 is 12.4 Å². The van der Waals surface area contributed by atoms with Gasteiger partial charge >= 0.3 is 0 Å². The van der Waals surface area contributed by atoms with Gasteiger partial charge in [0, 0.05) is 24.9 Å². The van der Waals surface area contributed by atoms with Gasteiger partial charge in [0.2, 0.25) is 5.91 Å². The minimum Gasteiger partial charge on any atom is -0.339 e. The van der Waals surface area contributed by atoms with Gasteiger partial charge < -0.3 is 10.2 Å². The van der Waals surface area contributed by atoms with Gasteiger partial charge in [0.05, 0.1) is 0 Å². The molecule has 0 saturated carbocycles. The Labute approximate surface area is 165 Å². The molecule has 146 valence electrons. The fourth-order valence-electron chi connectivity index (χ4n) is 4.92. The highest BCUT2D eigenvalue weighted by Crippen LogP contribution is 2.35. The smallest absolute Gasteiger partial charge is 0.223 e. The average molecular weight is 379 g/mol. The molecule has 3 unspecified atom stereocenters. The van der Waals surface area contributed by atoms with E-state index in [2.05, 4.69) is 54.4 Å². The number of hydrogen-bond donors (Lipinski definition) is 1. The van der Waals surface area contributed by atoms with Crippen LogP contribution in [-0.2, 0) is 4.79 Å². The van der Waals surface area contributed by atoms with Crippen LogP contribution in [0.2, 0.25) is 0 Å². The van der Waals surface area contributed by atoms with Crippen molar-refractivity contribution in [1.82, 2.24) is 10.2 Å². The number of nitrogens with zero attached hydrogens (tertiary/aromatic N) is 1. The summed E-state index contributed by atoms with van der Waals surface area (Å²) < 4.78 is 0. The molecule has 4 heteroatoms. The number of benzene rings is 1.